The minimum atomic E-state index is -3.63. The molecular weight excluding hydrogens is 364 g/mol. The number of carbonyl (C=O) groups excluding carboxylic acids is 1. The van der Waals surface area contributed by atoms with Crippen molar-refractivity contribution in [1.29, 1.82) is 0 Å². The maximum absolute atomic E-state index is 13.2. The van der Waals surface area contributed by atoms with Crippen LogP contribution >= 0.6 is 0 Å². The second-order valence-electron chi connectivity index (χ2n) is 6.12. The average molecular weight is 384 g/mol. The lowest BCUT2D eigenvalue weighted by atomic mass is 10.1. The van der Waals surface area contributed by atoms with Crippen LogP contribution in [-0.2, 0) is 16.6 Å². The summed E-state index contributed by atoms with van der Waals surface area (Å²) in [5, 5.41) is 0. The Morgan fingerprint density at radius 2 is 1.70 bits per heavy atom. The number of nitrogens with zero attached hydrogens (tertiary/aromatic N) is 2. The van der Waals surface area contributed by atoms with Gasteiger partial charge in [-0.1, -0.05) is 24.3 Å². The Hall–Kier alpha value is -2.90. The third-order valence-electron chi connectivity index (χ3n) is 4.07. The first kappa shape index (κ1) is 18.9. The second-order valence-corrected chi connectivity index (χ2v) is 8.27. The molecule has 7 heteroatoms. The molecule has 0 aliphatic rings. The lowest BCUT2D eigenvalue weighted by Gasteiger charge is -2.22. The van der Waals surface area contributed by atoms with E-state index in [-0.39, 0.29) is 22.9 Å². The summed E-state index contributed by atoms with van der Waals surface area (Å²) in [6, 6.07) is 18.8. The van der Waals surface area contributed by atoms with E-state index in [4.69, 9.17) is 4.42 Å². The molecule has 6 nitrogen and oxygen atoms in total. The first-order valence-corrected chi connectivity index (χ1v) is 9.75. The zero-order chi connectivity index (χ0) is 19.4. The van der Waals surface area contributed by atoms with Crippen LogP contribution in [0, 0.1) is 0 Å². The van der Waals surface area contributed by atoms with E-state index in [9.17, 15) is 13.2 Å². The van der Waals surface area contributed by atoms with Gasteiger partial charge in [0, 0.05) is 25.3 Å². The number of carbonyl (C=O) groups is 1. The van der Waals surface area contributed by atoms with Gasteiger partial charge in [0.05, 0.1) is 17.7 Å². The van der Waals surface area contributed by atoms with Crippen molar-refractivity contribution in [3.8, 4) is 0 Å². The summed E-state index contributed by atoms with van der Waals surface area (Å²) in [6.07, 6.45) is 1.55. The van der Waals surface area contributed by atoms with E-state index in [1.165, 1.54) is 26.2 Å². The van der Waals surface area contributed by atoms with Gasteiger partial charge >= 0.3 is 0 Å². The second kappa shape index (κ2) is 7.77. The fourth-order valence-corrected chi connectivity index (χ4v) is 3.55. The van der Waals surface area contributed by atoms with Crippen LogP contribution in [0.5, 0.6) is 0 Å². The van der Waals surface area contributed by atoms with Crippen LogP contribution in [0.15, 0.2) is 82.3 Å². The van der Waals surface area contributed by atoms with Crippen LogP contribution < -0.4 is 4.90 Å². The molecule has 0 saturated heterocycles. The van der Waals surface area contributed by atoms with Crippen molar-refractivity contribution in [3.63, 3.8) is 0 Å². The van der Waals surface area contributed by atoms with Gasteiger partial charge in [0.1, 0.15) is 5.76 Å². The van der Waals surface area contributed by atoms with Gasteiger partial charge < -0.3 is 9.32 Å². The highest BCUT2D eigenvalue weighted by Gasteiger charge is 2.23. The van der Waals surface area contributed by atoms with Gasteiger partial charge in [-0.2, -0.15) is 0 Å². The molecule has 1 heterocycles. The Balaban J connectivity index is 2.00. The molecule has 0 radical (unpaired) electrons. The van der Waals surface area contributed by atoms with Gasteiger partial charge in [0.2, 0.25) is 10.0 Å². The standard InChI is InChI=1S/C20H20N2O4S/c1-21(2)27(24,25)19-12-6-8-16(14-19)20(23)22(15-18-11-7-13-26-18)17-9-4-3-5-10-17/h3-14H,15H2,1-2H3. The summed E-state index contributed by atoms with van der Waals surface area (Å²) in [6.45, 7) is 0.237. The van der Waals surface area contributed by atoms with Gasteiger partial charge in [0.25, 0.3) is 5.91 Å². The first-order chi connectivity index (χ1) is 12.9. The highest BCUT2D eigenvalue weighted by Crippen LogP contribution is 2.22. The molecule has 0 atom stereocenters. The number of sulfonamides is 1. The number of hydrogen-bond donors (Lipinski definition) is 0. The molecule has 0 spiro atoms. The van der Waals surface area contributed by atoms with Gasteiger partial charge in [-0.25, -0.2) is 12.7 Å². The maximum Gasteiger partial charge on any atom is 0.258 e. The quantitative estimate of drug-likeness (QED) is 0.653. The zero-order valence-electron chi connectivity index (χ0n) is 15.1. The molecule has 1 amide bonds. The van der Waals surface area contributed by atoms with Gasteiger partial charge in [-0.05, 0) is 42.5 Å². The Labute approximate surface area is 158 Å². The van der Waals surface area contributed by atoms with Gasteiger partial charge in [-0.15, -0.1) is 0 Å². The smallest absolute Gasteiger partial charge is 0.258 e. The summed E-state index contributed by atoms with van der Waals surface area (Å²) in [5.74, 6) is 0.317. The molecule has 27 heavy (non-hydrogen) atoms. The Morgan fingerprint density at radius 1 is 0.963 bits per heavy atom. The predicted octanol–water partition coefficient (Wildman–Crippen LogP) is 3.38. The molecule has 1 aromatic heterocycles. The number of para-hydroxylation sites is 1. The van der Waals surface area contributed by atoms with E-state index >= 15 is 0 Å². The summed E-state index contributed by atoms with van der Waals surface area (Å²) in [7, 11) is -0.718. The normalized spacial score (nSPS) is 11.5. The van der Waals surface area contributed by atoms with Crippen LogP contribution in [0.2, 0.25) is 0 Å². The molecule has 0 saturated carbocycles. The highest BCUT2D eigenvalue weighted by molar-refractivity contribution is 7.89. The molecule has 0 bridgehead atoms. The fraction of sp³-hybridized carbons (Fsp3) is 0.150. The van der Waals surface area contributed by atoms with E-state index in [0.717, 1.165) is 4.31 Å². The van der Waals surface area contributed by atoms with E-state index < -0.39 is 10.0 Å². The Bertz CT molecular complexity index is 1010. The fourth-order valence-electron chi connectivity index (χ4n) is 2.60. The van der Waals surface area contributed by atoms with Gasteiger partial charge in [-0.3, -0.25) is 4.79 Å². The molecular formula is C20H20N2O4S. The van der Waals surface area contributed by atoms with Crippen LogP contribution in [-0.4, -0.2) is 32.7 Å². The number of anilines is 1. The number of furan rings is 1. The third kappa shape index (κ3) is 4.10. The molecule has 0 unspecified atom stereocenters. The first-order valence-electron chi connectivity index (χ1n) is 8.31. The summed E-state index contributed by atoms with van der Waals surface area (Å²) < 4.78 is 31.3. The number of benzene rings is 2. The third-order valence-corrected chi connectivity index (χ3v) is 5.88. The van der Waals surface area contributed by atoms with E-state index in [1.54, 1.807) is 35.4 Å². The van der Waals surface area contributed by atoms with Crippen molar-refractivity contribution >= 4 is 21.6 Å². The van der Waals surface area contributed by atoms with Gasteiger partial charge in [0.15, 0.2) is 0 Å². The monoisotopic (exact) mass is 384 g/mol. The van der Waals surface area contributed by atoms with Crippen molar-refractivity contribution in [2.45, 2.75) is 11.4 Å². The van der Waals surface area contributed by atoms with Crippen molar-refractivity contribution in [1.82, 2.24) is 4.31 Å². The number of hydrogen-bond acceptors (Lipinski definition) is 4. The van der Waals surface area contributed by atoms with Crippen molar-refractivity contribution < 1.29 is 17.6 Å². The lowest BCUT2D eigenvalue weighted by molar-refractivity contribution is 0.0983. The topological polar surface area (TPSA) is 70.8 Å². The minimum absolute atomic E-state index is 0.0735. The maximum atomic E-state index is 13.2. The SMILES string of the molecule is CN(C)S(=O)(=O)c1cccc(C(=O)N(Cc2ccco2)c2ccccc2)c1. The molecule has 0 aliphatic carbocycles. The molecule has 0 aliphatic heterocycles. The summed E-state index contributed by atoms with van der Waals surface area (Å²) in [5.41, 5.74) is 0.980. The molecule has 3 aromatic rings. The minimum Gasteiger partial charge on any atom is -0.467 e. The largest absolute Gasteiger partial charge is 0.467 e. The van der Waals surface area contributed by atoms with Crippen LogP contribution in [0.3, 0.4) is 0 Å². The van der Waals surface area contributed by atoms with E-state index in [2.05, 4.69) is 0 Å². The molecule has 0 N–H and O–H groups in total. The number of rotatable bonds is 6. The van der Waals surface area contributed by atoms with E-state index in [0.29, 0.717) is 11.4 Å². The number of amides is 1. The molecule has 140 valence electrons. The van der Waals surface area contributed by atoms with Crippen molar-refractivity contribution in [3.05, 3.63) is 84.3 Å². The lowest BCUT2D eigenvalue weighted by Crippen LogP contribution is -2.30. The Kier molecular flexibility index (Phi) is 5.43. The summed E-state index contributed by atoms with van der Waals surface area (Å²) >= 11 is 0. The van der Waals surface area contributed by atoms with Crippen molar-refractivity contribution in [2.75, 3.05) is 19.0 Å². The molecule has 3 rings (SSSR count). The molecule has 2 aromatic carbocycles. The Morgan fingerprint density at radius 3 is 2.33 bits per heavy atom. The van der Waals surface area contributed by atoms with Crippen LogP contribution in [0.4, 0.5) is 5.69 Å². The van der Waals surface area contributed by atoms with Crippen LogP contribution in [0.25, 0.3) is 0 Å². The summed E-state index contributed by atoms with van der Waals surface area (Å²) in [4.78, 5) is 14.8. The van der Waals surface area contributed by atoms with Crippen LogP contribution in [0.1, 0.15) is 16.1 Å². The van der Waals surface area contributed by atoms with E-state index in [1.807, 2.05) is 30.3 Å². The average Bonchev–Trinajstić information content (AvgIpc) is 3.19. The predicted molar refractivity (Wildman–Crippen MR) is 103 cm³/mol. The molecule has 0 fully saturated rings. The highest BCUT2D eigenvalue weighted by atomic mass is 32.2. The van der Waals surface area contributed by atoms with Crippen molar-refractivity contribution in [2.24, 2.45) is 0 Å². The zero-order valence-corrected chi connectivity index (χ0v) is 15.9.